The number of nitrogens with zero attached hydrogens (tertiary/aromatic N) is 1. The second-order valence-electron chi connectivity index (χ2n) is 3.59. The highest BCUT2D eigenvalue weighted by molar-refractivity contribution is 4.70. The molecule has 0 spiro atoms. The molecule has 0 aromatic heterocycles. The average molecular weight is 202 g/mol. The predicted molar refractivity (Wildman–Crippen MR) is 61.7 cm³/mol. The summed E-state index contributed by atoms with van der Waals surface area (Å²) in [4.78, 5) is 2.42. The highest BCUT2D eigenvalue weighted by Gasteiger charge is 2.10. The lowest BCUT2D eigenvalue weighted by atomic mass is 10.2. The van der Waals surface area contributed by atoms with Gasteiger partial charge in [-0.2, -0.15) is 0 Å². The second-order valence-corrected chi connectivity index (χ2v) is 3.59. The molecule has 1 unspecified atom stereocenters. The minimum absolute atomic E-state index is 0.472. The summed E-state index contributed by atoms with van der Waals surface area (Å²) >= 11 is 0. The molecule has 0 rings (SSSR count). The molecule has 0 aliphatic heterocycles. The Hall–Kier alpha value is -0.120. The molecule has 0 fully saturated rings. The molecule has 1 atom stereocenters. The van der Waals surface area contributed by atoms with Gasteiger partial charge in [0.05, 0.1) is 6.61 Å². The van der Waals surface area contributed by atoms with Gasteiger partial charge in [-0.05, 0) is 26.1 Å². The number of methoxy groups -OCH3 is 1. The van der Waals surface area contributed by atoms with Crippen molar-refractivity contribution in [1.29, 1.82) is 0 Å². The topological polar surface area (TPSA) is 24.5 Å². The van der Waals surface area contributed by atoms with Crippen molar-refractivity contribution in [3.8, 4) is 0 Å². The zero-order valence-corrected chi connectivity index (χ0v) is 10.2. The number of hydrogen-bond acceptors (Lipinski definition) is 3. The zero-order chi connectivity index (χ0) is 10.8. The van der Waals surface area contributed by atoms with Crippen molar-refractivity contribution in [3.05, 3.63) is 0 Å². The van der Waals surface area contributed by atoms with Gasteiger partial charge in [0.15, 0.2) is 0 Å². The first kappa shape index (κ1) is 13.9. The Labute approximate surface area is 88.8 Å². The van der Waals surface area contributed by atoms with E-state index < -0.39 is 0 Å². The molecule has 0 amide bonds. The number of ether oxygens (including phenoxy) is 1. The van der Waals surface area contributed by atoms with Crippen molar-refractivity contribution < 1.29 is 4.74 Å². The summed E-state index contributed by atoms with van der Waals surface area (Å²) in [5, 5.41) is 3.50. The van der Waals surface area contributed by atoms with Crippen molar-refractivity contribution >= 4 is 0 Å². The highest BCUT2D eigenvalue weighted by Crippen LogP contribution is 1.93. The summed E-state index contributed by atoms with van der Waals surface area (Å²) in [5.74, 6) is 0. The lowest BCUT2D eigenvalue weighted by molar-refractivity contribution is 0.141. The third-order valence-corrected chi connectivity index (χ3v) is 2.42. The molecular formula is C11H26N2O. The summed E-state index contributed by atoms with van der Waals surface area (Å²) in [6.07, 6.45) is 1.18. The van der Waals surface area contributed by atoms with Gasteiger partial charge < -0.3 is 15.0 Å². The van der Waals surface area contributed by atoms with Gasteiger partial charge in [-0.1, -0.05) is 20.8 Å². The smallest absolute Gasteiger partial charge is 0.0628 e. The summed E-state index contributed by atoms with van der Waals surface area (Å²) in [6.45, 7) is 11.8. The third-order valence-electron chi connectivity index (χ3n) is 2.42. The van der Waals surface area contributed by atoms with Crippen LogP contribution < -0.4 is 5.32 Å². The van der Waals surface area contributed by atoms with Gasteiger partial charge in [0, 0.05) is 19.7 Å². The third kappa shape index (κ3) is 6.35. The molecule has 0 aromatic carbocycles. The quantitative estimate of drug-likeness (QED) is 0.611. The summed E-state index contributed by atoms with van der Waals surface area (Å²) in [7, 11) is 1.77. The number of hydrogen-bond donors (Lipinski definition) is 1. The van der Waals surface area contributed by atoms with Crippen molar-refractivity contribution in [2.45, 2.75) is 33.2 Å². The van der Waals surface area contributed by atoms with Gasteiger partial charge in [0.2, 0.25) is 0 Å². The molecule has 0 radical (unpaired) electrons. The summed E-state index contributed by atoms with van der Waals surface area (Å²) < 4.78 is 5.20. The van der Waals surface area contributed by atoms with Gasteiger partial charge in [-0.3, -0.25) is 0 Å². The second kappa shape index (κ2) is 9.44. The van der Waals surface area contributed by atoms with E-state index in [0.717, 1.165) is 32.8 Å². The molecule has 0 saturated carbocycles. The van der Waals surface area contributed by atoms with Crippen molar-refractivity contribution in [3.63, 3.8) is 0 Å². The van der Waals surface area contributed by atoms with E-state index in [2.05, 4.69) is 31.0 Å². The van der Waals surface area contributed by atoms with E-state index in [1.165, 1.54) is 6.42 Å². The number of nitrogens with one attached hydrogen (secondary N) is 1. The monoisotopic (exact) mass is 202 g/mol. The van der Waals surface area contributed by atoms with Crippen LogP contribution in [0.25, 0.3) is 0 Å². The van der Waals surface area contributed by atoms with Crippen LogP contribution in [0.2, 0.25) is 0 Å². The fourth-order valence-corrected chi connectivity index (χ4v) is 1.52. The van der Waals surface area contributed by atoms with E-state index in [0.29, 0.717) is 6.04 Å². The Balaban J connectivity index is 3.80. The molecule has 0 saturated heterocycles. The number of rotatable bonds is 9. The molecule has 0 aromatic rings. The van der Waals surface area contributed by atoms with E-state index >= 15 is 0 Å². The molecule has 1 N–H and O–H groups in total. The van der Waals surface area contributed by atoms with Crippen LogP contribution in [0, 0.1) is 0 Å². The fourth-order valence-electron chi connectivity index (χ4n) is 1.52. The van der Waals surface area contributed by atoms with Crippen LogP contribution in [-0.4, -0.2) is 50.8 Å². The van der Waals surface area contributed by atoms with Gasteiger partial charge in [0.1, 0.15) is 0 Å². The van der Waals surface area contributed by atoms with E-state index in [1.54, 1.807) is 7.11 Å². The predicted octanol–water partition coefficient (Wildman–Crippen LogP) is 1.34. The van der Waals surface area contributed by atoms with Crippen LogP contribution in [-0.2, 0) is 4.74 Å². The van der Waals surface area contributed by atoms with Crippen molar-refractivity contribution in [1.82, 2.24) is 10.2 Å². The van der Waals surface area contributed by atoms with Crippen LogP contribution in [0.3, 0.4) is 0 Å². The SMILES string of the molecule is CCCNC(COC)CN(CC)CC. The average Bonchev–Trinajstić information content (AvgIpc) is 2.22. The Morgan fingerprint density at radius 2 is 1.86 bits per heavy atom. The molecular weight excluding hydrogens is 176 g/mol. The lowest BCUT2D eigenvalue weighted by Crippen LogP contribution is -2.44. The van der Waals surface area contributed by atoms with Gasteiger partial charge in [-0.25, -0.2) is 0 Å². The summed E-state index contributed by atoms with van der Waals surface area (Å²) in [5.41, 5.74) is 0. The maximum Gasteiger partial charge on any atom is 0.0628 e. The van der Waals surface area contributed by atoms with Crippen LogP contribution in [0.15, 0.2) is 0 Å². The first-order valence-electron chi connectivity index (χ1n) is 5.73. The van der Waals surface area contributed by atoms with E-state index in [-0.39, 0.29) is 0 Å². The molecule has 0 bridgehead atoms. The molecule has 0 aliphatic carbocycles. The Morgan fingerprint density at radius 1 is 1.21 bits per heavy atom. The Kier molecular flexibility index (Phi) is 9.35. The minimum atomic E-state index is 0.472. The Morgan fingerprint density at radius 3 is 2.29 bits per heavy atom. The molecule has 0 aliphatic rings. The minimum Gasteiger partial charge on any atom is -0.383 e. The van der Waals surface area contributed by atoms with Crippen LogP contribution >= 0.6 is 0 Å². The largest absolute Gasteiger partial charge is 0.383 e. The van der Waals surface area contributed by atoms with E-state index in [9.17, 15) is 0 Å². The number of likely N-dealkylation sites (N-methyl/N-ethyl adjacent to an activating group) is 1. The van der Waals surface area contributed by atoms with Crippen LogP contribution in [0.4, 0.5) is 0 Å². The lowest BCUT2D eigenvalue weighted by Gasteiger charge is -2.25. The van der Waals surface area contributed by atoms with E-state index in [4.69, 9.17) is 4.74 Å². The molecule has 3 heteroatoms. The highest BCUT2D eigenvalue weighted by atomic mass is 16.5. The van der Waals surface area contributed by atoms with Crippen LogP contribution in [0.5, 0.6) is 0 Å². The zero-order valence-electron chi connectivity index (χ0n) is 10.2. The first-order valence-corrected chi connectivity index (χ1v) is 5.73. The molecule has 3 nitrogen and oxygen atoms in total. The normalized spacial score (nSPS) is 13.5. The first-order chi connectivity index (χ1) is 6.78. The molecule has 86 valence electrons. The molecule has 0 heterocycles. The maximum absolute atomic E-state index is 5.20. The summed E-state index contributed by atoms with van der Waals surface area (Å²) in [6, 6.07) is 0.472. The van der Waals surface area contributed by atoms with Crippen LogP contribution in [0.1, 0.15) is 27.2 Å². The maximum atomic E-state index is 5.20. The standard InChI is InChI=1S/C11H26N2O/c1-5-8-12-11(10-14-4)9-13(6-2)7-3/h11-12H,5-10H2,1-4H3. The van der Waals surface area contributed by atoms with Crippen molar-refractivity contribution in [2.24, 2.45) is 0 Å². The van der Waals surface area contributed by atoms with Gasteiger partial charge in [0.25, 0.3) is 0 Å². The molecule has 14 heavy (non-hydrogen) atoms. The fraction of sp³-hybridized carbons (Fsp3) is 1.00. The van der Waals surface area contributed by atoms with Gasteiger partial charge >= 0.3 is 0 Å². The van der Waals surface area contributed by atoms with Gasteiger partial charge in [-0.15, -0.1) is 0 Å². The Bertz CT molecular complexity index is 116. The van der Waals surface area contributed by atoms with Crippen molar-refractivity contribution in [2.75, 3.05) is 39.9 Å². The van der Waals surface area contributed by atoms with E-state index in [1.807, 2.05) is 0 Å².